The maximum atomic E-state index is 12.5. The van der Waals surface area contributed by atoms with Crippen molar-refractivity contribution in [2.75, 3.05) is 25.0 Å². The first-order valence-electron chi connectivity index (χ1n) is 7.84. The van der Waals surface area contributed by atoms with Gasteiger partial charge in [-0.1, -0.05) is 48.5 Å². The highest BCUT2D eigenvalue weighted by Crippen LogP contribution is 2.19. The van der Waals surface area contributed by atoms with E-state index in [2.05, 4.69) is 5.32 Å². The van der Waals surface area contributed by atoms with E-state index >= 15 is 0 Å². The Morgan fingerprint density at radius 2 is 1.70 bits per heavy atom. The van der Waals surface area contributed by atoms with Gasteiger partial charge in [-0.05, 0) is 30.5 Å². The molecule has 0 aromatic heterocycles. The van der Waals surface area contributed by atoms with Crippen LogP contribution >= 0.6 is 0 Å². The zero-order valence-corrected chi connectivity index (χ0v) is 13.7. The second kappa shape index (κ2) is 8.34. The maximum Gasteiger partial charge on any atom is 0.242 e. The van der Waals surface area contributed by atoms with Crippen molar-refractivity contribution in [3.8, 4) is 0 Å². The number of hydrogen-bond acceptors (Lipinski definition) is 3. The van der Waals surface area contributed by atoms with Crippen molar-refractivity contribution < 1.29 is 9.90 Å². The molecule has 0 bridgehead atoms. The molecule has 0 atom stereocenters. The van der Waals surface area contributed by atoms with Gasteiger partial charge in [0.25, 0.3) is 0 Å². The Morgan fingerprint density at radius 3 is 2.30 bits per heavy atom. The molecule has 122 valence electrons. The zero-order chi connectivity index (χ0) is 16.7. The lowest BCUT2D eigenvalue weighted by Crippen LogP contribution is -2.37. The van der Waals surface area contributed by atoms with Gasteiger partial charge in [-0.2, -0.15) is 0 Å². The summed E-state index contributed by atoms with van der Waals surface area (Å²) in [6.45, 7) is 5.07. The molecule has 4 nitrogen and oxygen atoms in total. The van der Waals surface area contributed by atoms with Crippen LogP contribution in [0.5, 0.6) is 0 Å². The second-order valence-corrected chi connectivity index (χ2v) is 5.64. The smallest absolute Gasteiger partial charge is 0.242 e. The van der Waals surface area contributed by atoms with Gasteiger partial charge in [-0.3, -0.25) is 4.79 Å². The Balaban J connectivity index is 2.01. The maximum absolute atomic E-state index is 12.5. The van der Waals surface area contributed by atoms with Crippen molar-refractivity contribution in [1.29, 1.82) is 0 Å². The summed E-state index contributed by atoms with van der Waals surface area (Å²) in [7, 11) is 0. The molecule has 0 aliphatic rings. The number of aliphatic hydroxyl groups is 1. The van der Waals surface area contributed by atoms with Gasteiger partial charge in [0.05, 0.1) is 13.2 Å². The van der Waals surface area contributed by atoms with E-state index in [1.807, 2.05) is 62.4 Å². The highest BCUT2D eigenvalue weighted by molar-refractivity contribution is 5.81. The fraction of sp³-hybridized carbons (Fsp3) is 0.316. The molecule has 0 aliphatic carbocycles. The molecule has 0 unspecified atom stereocenters. The van der Waals surface area contributed by atoms with E-state index in [4.69, 9.17) is 0 Å². The Bertz CT molecular complexity index is 621. The first-order chi connectivity index (χ1) is 11.1. The lowest BCUT2D eigenvalue weighted by Gasteiger charge is -2.23. The van der Waals surface area contributed by atoms with Crippen LogP contribution in [0.4, 0.5) is 5.69 Å². The number of amides is 1. The summed E-state index contributed by atoms with van der Waals surface area (Å²) in [5.74, 6) is -0.0226. The third kappa shape index (κ3) is 4.83. The number of benzene rings is 2. The molecular weight excluding hydrogens is 288 g/mol. The molecule has 0 saturated carbocycles. The van der Waals surface area contributed by atoms with Gasteiger partial charge in [0, 0.05) is 18.8 Å². The predicted octanol–water partition coefficient (Wildman–Crippen LogP) is 2.74. The van der Waals surface area contributed by atoms with E-state index in [0.29, 0.717) is 13.1 Å². The van der Waals surface area contributed by atoms with E-state index < -0.39 is 0 Å². The lowest BCUT2D eigenvalue weighted by molar-refractivity contribution is -0.130. The fourth-order valence-corrected chi connectivity index (χ4v) is 2.59. The molecular formula is C19H24N2O2. The average molecular weight is 312 g/mol. The number of nitrogens with one attached hydrogen (secondary N) is 1. The summed E-state index contributed by atoms with van der Waals surface area (Å²) in [6.07, 6.45) is 0. The van der Waals surface area contributed by atoms with E-state index in [1.165, 1.54) is 0 Å². The summed E-state index contributed by atoms with van der Waals surface area (Å²) in [5.41, 5.74) is 4.30. The van der Waals surface area contributed by atoms with Crippen LogP contribution < -0.4 is 5.32 Å². The number of nitrogens with zero attached hydrogens (tertiary/aromatic N) is 1. The largest absolute Gasteiger partial charge is 0.395 e. The lowest BCUT2D eigenvalue weighted by atomic mass is 10.1. The average Bonchev–Trinajstić information content (AvgIpc) is 2.55. The molecule has 2 aromatic rings. The highest BCUT2D eigenvalue weighted by atomic mass is 16.3. The van der Waals surface area contributed by atoms with Gasteiger partial charge in [0.1, 0.15) is 0 Å². The number of aryl methyl sites for hydroxylation is 2. The topological polar surface area (TPSA) is 52.6 Å². The first-order valence-corrected chi connectivity index (χ1v) is 7.84. The molecule has 0 spiro atoms. The minimum atomic E-state index is -0.0397. The first kappa shape index (κ1) is 17.0. The molecule has 23 heavy (non-hydrogen) atoms. The third-order valence-electron chi connectivity index (χ3n) is 3.84. The summed E-state index contributed by atoms with van der Waals surface area (Å²) < 4.78 is 0. The molecule has 2 rings (SSSR count). The molecule has 1 amide bonds. The number of para-hydroxylation sites is 1. The van der Waals surface area contributed by atoms with Gasteiger partial charge in [0.2, 0.25) is 5.91 Å². The summed E-state index contributed by atoms with van der Waals surface area (Å²) in [4.78, 5) is 14.2. The second-order valence-electron chi connectivity index (χ2n) is 5.64. The van der Waals surface area contributed by atoms with E-state index in [1.54, 1.807) is 4.90 Å². The molecule has 4 heteroatoms. The molecule has 0 saturated heterocycles. The number of carbonyl (C=O) groups excluding carboxylic acids is 1. The molecule has 2 N–H and O–H groups in total. The van der Waals surface area contributed by atoms with Crippen LogP contribution in [-0.2, 0) is 11.3 Å². The van der Waals surface area contributed by atoms with E-state index in [0.717, 1.165) is 22.4 Å². The van der Waals surface area contributed by atoms with Crippen molar-refractivity contribution >= 4 is 11.6 Å². The summed E-state index contributed by atoms with van der Waals surface area (Å²) in [6, 6.07) is 15.9. The van der Waals surface area contributed by atoms with E-state index in [-0.39, 0.29) is 19.1 Å². The quantitative estimate of drug-likeness (QED) is 0.826. The van der Waals surface area contributed by atoms with Crippen molar-refractivity contribution in [2.24, 2.45) is 0 Å². The number of hydrogen-bond donors (Lipinski definition) is 2. The number of anilines is 1. The highest BCUT2D eigenvalue weighted by Gasteiger charge is 2.14. The monoisotopic (exact) mass is 312 g/mol. The minimum Gasteiger partial charge on any atom is -0.395 e. The fourth-order valence-electron chi connectivity index (χ4n) is 2.59. The molecule has 0 aliphatic heterocycles. The van der Waals surface area contributed by atoms with Gasteiger partial charge in [-0.25, -0.2) is 0 Å². The van der Waals surface area contributed by atoms with Gasteiger partial charge >= 0.3 is 0 Å². The molecule has 0 heterocycles. The predicted molar refractivity (Wildman–Crippen MR) is 93.4 cm³/mol. The van der Waals surface area contributed by atoms with Crippen molar-refractivity contribution in [3.63, 3.8) is 0 Å². The summed E-state index contributed by atoms with van der Waals surface area (Å²) in [5, 5.41) is 12.5. The van der Waals surface area contributed by atoms with Gasteiger partial charge in [-0.15, -0.1) is 0 Å². The van der Waals surface area contributed by atoms with Gasteiger partial charge in [0.15, 0.2) is 0 Å². The number of carbonyl (C=O) groups is 1. The van der Waals surface area contributed by atoms with Crippen LogP contribution in [-0.4, -0.2) is 35.6 Å². The third-order valence-corrected chi connectivity index (χ3v) is 3.84. The van der Waals surface area contributed by atoms with E-state index in [9.17, 15) is 9.90 Å². The van der Waals surface area contributed by atoms with Crippen LogP contribution in [0.25, 0.3) is 0 Å². The van der Waals surface area contributed by atoms with Crippen molar-refractivity contribution in [1.82, 2.24) is 4.90 Å². The molecule has 2 aromatic carbocycles. The van der Waals surface area contributed by atoms with Crippen LogP contribution in [0, 0.1) is 13.8 Å². The van der Waals surface area contributed by atoms with Crippen LogP contribution in [0.2, 0.25) is 0 Å². The Kier molecular flexibility index (Phi) is 6.18. The van der Waals surface area contributed by atoms with Crippen LogP contribution in [0.3, 0.4) is 0 Å². The van der Waals surface area contributed by atoms with Crippen LogP contribution in [0.15, 0.2) is 48.5 Å². The Labute approximate surface area is 137 Å². The SMILES string of the molecule is Cc1cccc(C)c1NCC(=O)N(CCO)Cc1ccccc1. The van der Waals surface area contributed by atoms with Crippen LogP contribution in [0.1, 0.15) is 16.7 Å². The summed E-state index contributed by atoms with van der Waals surface area (Å²) >= 11 is 0. The number of aliphatic hydroxyl groups excluding tert-OH is 1. The molecule has 0 fully saturated rings. The zero-order valence-electron chi connectivity index (χ0n) is 13.7. The Hall–Kier alpha value is -2.33. The standard InChI is InChI=1S/C19H24N2O2/c1-15-7-6-8-16(2)19(15)20-13-18(23)21(11-12-22)14-17-9-4-3-5-10-17/h3-10,20,22H,11-14H2,1-2H3. The van der Waals surface area contributed by atoms with Gasteiger partial charge < -0.3 is 15.3 Å². The minimum absolute atomic E-state index is 0.0226. The van der Waals surface area contributed by atoms with Crippen molar-refractivity contribution in [3.05, 3.63) is 65.2 Å². The Morgan fingerprint density at radius 1 is 1.04 bits per heavy atom. The molecule has 0 radical (unpaired) electrons. The normalized spacial score (nSPS) is 10.4. The number of rotatable bonds is 7. The van der Waals surface area contributed by atoms with Crippen molar-refractivity contribution in [2.45, 2.75) is 20.4 Å².